The maximum absolute atomic E-state index is 14.2. The third-order valence-electron chi connectivity index (χ3n) is 8.41. The molecule has 42 heavy (non-hydrogen) atoms. The number of hydrazine groups is 1. The number of fused-ring (bicyclic) bond motifs is 1. The third kappa shape index (κ3) is 7.02. The number of nitrogens with two attached hydrogens (primary N) is 1. The fourth-order valence-corrected chi connectivity index (χ4v) is 6.09. The molecule has 2 aliphatic heterocycles. The second-order valence-electron chi connectivity index (χ2n) is 12.3. The Morgan fingerprint density at radius 1 is 1.00 bits per heavy atom. The first-order chi connectivity index (χ1) is 19.6. The molecular formula is C33H46N6O3. The van der Waals surface area contributed by atoms with Gasteiger partial charge in [-0.05, 0) is 63.1 Å². The number of amides is 3. The summed E-state index contributed by atoms with van der Waals surface area (Å²) in [6.07, 6.45) is 6.23. The van der Waals surface area contributed by atoms with E-state index in [1.54, 1.807) is 18.7 Å². The van der Waals surface area contributed by atoms with E-state index in [4.69, 9.17) is 5.73 Å². The quantitative estimate of drug-likeness (QED) is 0.311. The molecular weight excluding hydrogens is 528 g/mol. The van der Waals surface area contributed by atoms with Crippen LogP contribution in [0.25, 0.3) is 10.9 Å². The molecule has 2 aromatic carbocycles. The fourth-order valence-electron chi connectivity index (χ4n) is 6.09. The minimum absolute atomic E-state index is 0. The predicted molar refractivity (Wildman–Crippen MR) is 166 cm³/mol. The largest absolute Gasteiger partial charge is 0.361 e. The first-order valence-corrected chi connectivity index (χ1v) is 14.7. The van der Waals surface area contributed by atoms with Gasteiger partial charge in [0.05, 0.1) is 11.0 Å². The number of rotatable bonds is 9. The van der Waals surface area contributed by atoms with Gasteiger partial charge in [-0.15, -0.1) is 0 Å². The van der Waals surface area contributed by atoms with Crippen molar-refractivity contribution >= 4 is 28.6 Å². The molecule has 3 amide bonds. The molecule has 5 N–H and O–H groups in total. The molecule has 3 heterocycles. The first kappa shape index (κ1) is 31.3. The second kappa shape index (κ2) is 13.1. The zero-order chi connectivity index (χ0) is 29.0. The average Bonchev–Trinajstić information content (AvgIpc) is 3.62. The number of piperidine rings is 1. The van der Waals surface area contributed by atoms with Crippen LogP contribution in [0.3, 0.4) is 0 Å². The van der Waals surface area contributed by atoms with Crippen LogP contribution in [0.2, 0.25) is 0 Å². The van der Waals surface area contributed by atoms with Gasteiger partial charge in [-0.2, -0.15) is 0 Å². The summed E-state index contributed by atoms with van der Waals surface area (Å²) in [5.41, 5.74) is 10.3. The Kier molecular flexibility index (Phi) is 9.74. The molecule has 0 spiro atoms. The molecule has 2 aliphatic rings. The Bertz CT molecular complexity index is 1380. The molecule has 1 unspecified atom stereocenters. The first-order valence-electron chi connectivity index (χ1n) is 14.7. The second-order valence-corrected chi connectivity index (χ2v) is 12.3. The van der Waals surface area contributed by atoms with Crippen molar-refractivity contribution in [1.82, 2.24) is 25.6 Å². The highest BCUT2D eigenvalue weighted by atomic mass is 16.2. The lowest BCUT2D eigenvalue weighted by Crippen LogP contribution is -2.61. The molecule has 5 rings (SSSR count). The van der Waals surface area contributed by atoms with Crippen LogP contribution < -0.4 is 16.5 Å². The Labute approximate surface area is 249 Å². The number of H-pyrrole nitrogens is 1. The molecule has 0 radical (unpaired) electrons. The van der Waals surface area contributed by atoms with Crippen LogP contribution in [0.5, 0.6) is 0 Å². The number of aromatic nitrogens is 1. The minimum Gasteiger partial charge on any atom is -0.361 e. The van der Waals surface area contributed by atoms with Gasteiger partial charge in [-0.25, -0.2) is 5.01 Å². The number of carbonyl (C=O) groups excluding carboxylic acids is 3. The number of aromatic amines is 1. The third-order valence-corrected chi connectivity index (χ3v) is 8.41. The van der Waals surface area contributed by atoms with Crippen LogP contribution in [0.1, 0.15) is 58.1 Å². The number of nitrogens with zero attached hydrogens (tertiary/aromatic N) is 2. The highest BCUT2D eigenvalue weighted by Gasteiger charge is 2.45. The van der Waals surface area contributed by atoms with E-state index < -0.39 is 22.9 Å². The van der Waals surface area contributed by atoms with E-state index in [-0.39, 0.29) is 25.8 Å². The Morgan fingerprint density at radius 2 is 1.69 bits per heavy atom. The number of hydrogen-bond acceptors (Lipinski definition) is 5. The zero-order valence-electron chi connectivity index (χ0n) is 24.1. The van der Waals surface area contributed by atoms with Crippen LogP contribution in [0, 0.1) is 5.41 Å². The van der Waals surface area contributed by atoms with Crippen LogP contribution in [0.4, 0.5) is 0 Å². The fraction of sp³-hybridized carbons (Fsp3) is 0.485. The topological polar surface area (TPSA) is 124 Å². The van der Waals surface area contributed by atoms with E-state index in [1.807, 2.05) is 65.8 Å². The summed E-state index contributed by atoms with van der Waals surface area (Å²) in [5, 5.41) is 5.95. The minimum atomic E-state index is -1.15. The van der Waals surface area contributed by atoms with Crippen molar-refractivity contribution in [2.75, 3.05) is 26.2 Å². The van der Waals surface area contributed by atoms with E-state index in [0.717, 1.165) is 48.0 Å². The summed E-state index contributed by atoms with van der Waals surface area (Å²) in [7, 11) is 0. The van der Waals surface area contributed by atoms with E-state index >= 15 is 0 Å². The van der Waals surface area contributed by atoms with Crippen molar-refractivity contribution < 1.29 is 14.4 Å². The van der Waals surface area contributed by atoms with Gasteiger partial charge < -0.3 is 20.9 Å². The van der Waals surface area contributed by atoms with Gasteiger partial charge in [0.2, 0.25) is 17.7 Å². The normalized spacial score (nSPS) is 20.1. The van der Waals surface area contributed by atoms with Gasteiger partial charge in [0.25, 0.3) is 0 Å². The summed E-state index contributed by atoms with van der Waals surface area (Å²) in [5.74, 6) is -0.630. The number of hydrogen-bond donors (Lipinski definition) is 4. The number of benzene rings is 2. The molecule has 0 bridgehead atoms. The van der Waals surface area contributed by atoms with Gasteiger partial charge in [0.15, 0.2) is 0 Å². The lowest BCUT2D eigenvalue weighted by atomic mass is 9.74. The van der Waals surface area contributed by atoms with Crippen molar-refractivity contribution in [3.05, 3.63) is 71.9 Å². The Morgan fingerprint density at radius 3 is 2.40 bits per heavy atom. The molecule has 3 aromatic rings. The number of nitrogens with one attached hydrogen (secondary N) is 3. The van der Waals surface area contributed by atoms with Crippen LogP contribution in [-0.4, -0.2) is 70.4 Å². The van der Waals surface area contributed by atoms with E-state index in [2.05, 4.69) is 15.7 Å². The summed E-state index contributed by atoms with van der Waals surface area (Å²) in [6, 6.07) is 17.1. The number of para-hydroxylation sites is 1. The van der Waals surface area contributed by atoms with Gasteiger partial charge in [0, 0.05) is 49.7 Å². The van der Waals surface area contributed by atoms with Crippen LogP contribution in [0.15, 0.2) is 60.8 Å². The van der Waals surface area contributed by atoms with Crippen molar-refractivity contribution in [3.8, 4) is 0 Å². The lowest BCUT2D eigenvalue weighted by Gasteiger charge is -2.43. The van der Waals surface area contributed by atoms with Crippen LogP contribution in [-0.2, 0) is 27.2 Å². The maximum atomic E-state index is 14.2. The van der Waals surface area contributed by atoms with Gasteiger partial charge in [-0.1, -0.05) is 56.0 Å². The Hall–Kier alpha value is -3.69. The number of carbonyl (C=O) groups is 3. The monoisotopic (exact) mass is 574 g/mol. The van der Waals surface area contributed by atoms with Gasteiger partial charge in [-0.3, -0.25) is 19.8 Å². The average molecular weight is 575 g/mol. The molecule has 1 aromatic heterocycles. The summed E-state index contributed by atoms with van der Waals surface area (Å²) in [6.45, 7) is 5.74. The molecule has 226 valence electrons. The van der Waals surface area contributed by atoms with Gasteiger partial charge >= 0.3 is 0 Å². The van der Waals surface area contributed by atoms with Gasteiger partial charge in [0.1, 0.15) is 6.04 Å². The highest BCUT2D eigenvalue weighted by molar-refractivity contribution is 5.93. The van der Waals surface area contributed by atoms with E-state index in [9.17, 15) is 14.4 Å². The zero-order valence-corrected chi connectivity index (χ0v) is 24.1. The SMILES string of the molecule is C.CC(C)(N)C(=O)N[C@H](Cc1c[nH]c2ccccc12)C(=O)N1CCCC(Cc2ccccc2)(C(=O)NN2CCCC2)C1. The van der Waals surface area contributed by atoms with Crippen LogP contribution >= 0.6 is 0 Å². The molecule has 0 saturated carbocycles. The summed E-state index contributed by atoms with van der Waals surface area (Å²) in [4.78, 5) is 46.3. The smallest absolute Gasteiger partial charge is 0.245 e. The lowest BCUT2D eigenvalue weighted by molar-refractivity contribution is -0.146. The van der Waals surface area contributed by atoms with Crippen molar-refractivity contribution in [2.24, 2.45) is 11.1 Å². The maximum Gasteiger partial charge on any atom is 0.245 e. The summed E-state index contributed by atoms with van der Waals surface area (Å²) >= 11 is 0. The summed E-state index contributed by atoms with van der Waals surface area (Å²) < 4.78 is 0. The van der Waals surface area contributed by atoms with E-state index in [1.165, 1.54) is 0 Å². The molecule has 2 fully saturated rings. The highest BCUT2D eigenvalue weighted by Crippen LogP contribution is 2.35. The van der Waals surface area contributed by atoms with Crippen molar-refractivity contribution in [3.63, 3.8) is 0 Å². The molecule has 2 saturated heterocycles. The Balaban J connectivity index is 0.00000405. The molecule has 0 aliphatic carbocycles. The molecule has 2 atom stereocenters. The van der Waals surface area contributed by atoms with E-state index in [0.29, 0.717) is 32.2 Å². The predicted octanol–water partition coefficient (Wildman–Crippen LogP) is 3.55. The number of likely N-dealkylation sites (tertiary alicyclic amines) is 1. The molecule has 9 heteroatoms. The molecule has 9 nitrogen and oxygen atoms in total. The van der Waals surface area contributed by atoms with Crippen molar-refractivity contribution in [1.29, 1.82) is 0 Å². The van der Waals surface area contributed by atoms with Crippen molar-refractivity contribution in [2.45, 2.75) is 71.4 Å². The standard InChI is InChI=1S/C32H42N6O3.CH4/c1-31(2,33)29(40)35-27(19-24-21-34-26-14-7-6-13-25(24)26)28(39)37-16-10-15-32(22-37,20-23-11-4-3-5-12-23)30(41)36-38-17-8-9-18-38;/h3-7,11-14,21,27,34H,8-10,15-20,22,33H2,1-2H3,(H,35,40)(H,36,41);1H4/t27-,32?;/m1./s1.